The van der Waals surface area contributed by atoms with E-state index in [4.69, 9.17) is 4.74 Å². The van der Waals surface area contributed by atoms with E-state index in [1.165, 1.54) is 6.92 Å². The van der Waals surface area contributed by atoms with Crippen LogP contribution >= 0.6 is 0 Å². The molecule has 0 aliphatic rings. The van der Waals surface area contributed by atoms with Gasteiger partial charge in [0.15, 0.2) is 5.78 Å². The van der Waals surface area contributed by atoms with E-state index >= 15 is 0 Å². The van der Waals surface area contributed by atoms with Crippen molar-refractivity contribution in [1.82, 2.24) is 5.32 Å². The zero-order valence-corrected chi connectivity index (χ0v) is 11.7. The predicted molar refractivity (Wildman–Crippen MR) is 68.4 cm³/mol. The minimum absolute atomic E-state index is 0.0782. The van der Waals surface area contributed by atoms with Crippen molar-refractivity contribution >= 4 is 23.4 Å². The van der Waals surface area contributed by atoms with Crippen molar-refractivity contribution < 1.29 is 23.9 Å². The molecule has 1 N–H and O–H groups in total. The molecule has 0 aromatic carbocycles. The highest BCUT2D eigenvalue weighted by molar-refractivity contribution is 6.36. The lowest BCUT2D eigenvalue weighted by molar-refractivity contribution is -0.151. The summed E-state index contributed by atoms with van der Waals surface area (Å²) in [4.78, 5) is 45.1. The van der Waals surface area contributed by atoms with Gasteiger partial charge in [-0.15, -0.1) is 0 Å². The summed E-state index contributed by atoms with van der Waals surface area (Å²) in [5, 5.41) is 2.35. The number of hydrogen-bond acceptors (Lipinski definition) is 5. The second-order valence-electron chi connectivity index (χ2n) is 4.25. The van der Waals surface area contributed by atoms with Crippen molar-refractivity contribution in [2.24, 2.45) is 0 Å². The van der Waals surface area contributed by atoms with Crippen LogP contribution in [0, 0.1) is 0 Å². The van der Waals surface area contributed by atoms with Gasteiger partial charge in [-0.3, -0.25) is 14.4 Å². The lowest BCUT2D eigenvalue weighted by Gasteiger charge is -2.16. The normalized spacial score (nSPS) is 11.5. The van der Waals surface area contributed by atoms with Crippen LogP contribution in [0.4, 0.5) is 0 Å². The van der Waals surface area contributed by atoms with E-state index in [9.17, 15) is 19.2 Å². The molecule has 0 radical (unpaired) electrons. The van der Waals surface area contributed by atoms with E-state index in [2.05, 4.69) is 5.32 Å². The third-order valence-corrected chi connectivity index (χ3v) is 2.43. The Balaban J connectivity index is 4.52. The van der Waals surface area contributed by atoms with E-state index in [-0.39, 0.29) is 18.8 Å². The lowest BCUT2D eigenvalue weighted by atomic mass is 10.1. The van der Waals surface area contributed by atoms with Gasteiger partial charge in [-0.2, -0.15) is 0 Å². The number of esters is 1. The maximum atomic E-state index is 11.7. The van der Waals surface area contributed by atoms with Gasteiger partial charge in [-0.25, -0.2) is 4.79 Å². The topological polar surface area (TPSA) is 89.5 Å². The first-order valence-corrected chi connectivity index (χ1v) is 6.42. The zero-order valence-electron chi connectivity index (χ0n) is 11.7. The summed E-state index contributed by atoms with van der Waals surface area (Å²) in [5.74, 6) is -2.33. The molecule has 1 unspecified atom stereocenters. The number of ketones is 2. The molecular formula is C13H21NO5. The molecule has 0 saturated carbocycles. The van der Waals surface area contributed by atoms with Crippen LogP contribution in [-0.4, -0.2) is 36.1 Å². The third-order valence-electron chi connectivity index (χ3n) is 2.43. The summed E-state index contributed by atoms with van der Waals surface area (Å²) in [6.45, 7) is 4.49. The van der Waals surface area contributed by atoms with Crippen LogP contribution in [0.5, 0.6) is 0 Å². The van der Waals surface area contributed by atoms with Crippen molar-refractivity contribution in [2.45, 2.75) is 52.5 Å². The fourth-order valence-corrected chi connectivity index (χ4v) is 1.33. The summed E-state index contributed by atoms with van der Waals surface area (Å²) >= 11 is 0. The summed E-state index contributed by atoms with van der Waals surface area (Å²) < 4.78 is 4.76. The molecule has 0 aliphatic heterocycles. The molecule has 6 nitrogen and oxygen atoms in total. The molecule has 0 saturated heterocycles. The number of carbonyl (C=O) groups is 4. The van der Waals surface area contributed by atoms with Gasteiger partial charge in [0, 0.05) is 6.42 Å². The van der Waals surface area contributed by atoms with Gasteiger partial charge in [0.1, 0.15) is 12.6 Å². The molecule has 0 aliphatic carbocycles. The van der Waals surface area contributed by atoms with Crippen LogP contribution in [-0.2, 0) is 23.9 Å². The molecule has 1 atom stereocenters. The molecular weight excluding hydrogens is 250 g/mol. The molecule has 108 valence electrons. The smallest absolute Gasteiger partial charge is 0.329 e. The van der Waals surface area contributed by atoms with E-state index in [0.717, 1.165) is 6.42 Å². The van der Waals surface area contributed by atoms with Crippen LogP contribution in [0.2, 0.25) is 0 Å². The minimum Gasteiger partial charge on any atom is -0.456 e. The van der Waals surface area contributed by atoms with Gasteiger partial charge >= 0.3 is 5.97 Å². The van der Waals surface area contributed by atoms with Gasteiger partial charge in [0.2, 0.25) is 5.78 Å². The average molecular weight is 271 g/mol. The Hall–Kier alpha value is -1.72. The van der Waals surface area contributed by atoms with Crippen LogP contribution in [0.1, 0.15) is 46.5 Å². The van der Waals surface area contributed by atoms with Gasteiger partial charge in [-0.05, 0) is 13.3 Å². The van der Waals surface area contributed by atoms with E-state index in [1.54, 1.807) is 6.92 Å². The Morgan fingerprint density at radius 2 is 1.79 bits per heavy atom. The largest absolute Gasteiger partial charge is 0.456 e. The molecule has 6 heteroatoms. The molecule has 0 spiro atoms. The lowest BCUT2D eigenvalue weighted by Crippen LogP contribution is -2.45. The average Bonchev–Trinajstić information content (AvgIpc) is 2.39. The number of Topliss-reactive ketones (excluding diaryl/α,β-unsaturated/α-hetero) is 2. The number of hydrogen-bond donors (Lipinski definition) is 1. The Labute approximate surface area is 112 Å². The number of rotatable bonds is 9. The van der Waals surface area contributed by atoms with E-state index in [1.807, 2.05) is 6.92 Å². The Morgan fingerprint density at radius 3 is 2.26 bits per heavy atom. The third kappa shape index (κ3) is 7.33. The fourth-order valence-electron chi connectivity index (χ4n) is 1.33. The predicted octanol–water partition coefficient (Wildman–Crippen LogP) is 0.773. The second kappa shape index (κ2) is 9.24. The van der Waals surface area contributed by atoms with Gasteiger partial charge in [0.05, 0.1) is 0 Å². The molecule has 1 amide bonds. The number of unbranched alkanes of at least 4 members (excludes halogenated alkanes) is 1. The first-order chi connectivity index (χ1) is 8.92. The Morgan fingerprint density at radius 1 is 1.16 bits per heavy atom. The van der Waals surface area contributed by atoms with Gasteiger partial charge in [-0.1, -0.05) is 26.7 Å². The molecule has 0 fully saturated rings. The maximum Gasteiger partial charge on any atom is 0.329 e. The van der Waals surface area contributed by atoms with Crippen molar-refractivity contribution in [3.8, 4) is 0 Å². The molecule has 0 aromatic heterocycles. The summed E-state index contributed by atoms with van der Waals surface area (Å²) in [6.07, 6.45) is 2.01. The summed E-state index contributed by atoms with van der Waals surface area (Å²) in [5.41, 5.74) is 0. The zero-order chi connectivity index (χ0) is 14.8. The van der Waals surface area contributed by atoms with Crippen molar-refractivity contribution in [3.05, 3.63) is 0 Å². The van der Waals surface area contributed by atoms with Crippen LogP contribution in [0.3, 0.4) is 0 Å². The van der Waals surface area contributed by atoms with Crippen LogP contribution in [0.15, 0.2) is 0 Å². The maximum absolute atomic E-state index is 11.7. The first kappa shape index (κ1) is 17.3. The van der Waals surface area contributed by atoms with E-state index < -0.39 is 23.7 Å². The summed E-state index contributed by atoms with van der Waals surface area (Å²) in [7, 11) is 0. The van der Waals surface area contributed by atoms with Crippen LogP contribution < -0.4 is 5.32 Å². The molecule has 0 bridgehead atoms. The monoisotopic (exact) mass is 271 g/mol. The van der Waals surface area contributed by atoms with Gasteiger partial charge < -0.3 is 10.1 Å². The SMILES string of the molecule is CCCCC(NC(=O)C(=O)CC)C(=O)OCC(C)=O. The molecule has 0 heterocycles. The Kier molecular flexibility index (Phi) is 8.41. The quantitative estimate of drug-likeness (QED) is 0.494. The molecule has 19 heavy (non-hydrogen) atoms. The highest BCUT2D eigenvalue weighted by Gasteiger charge is 2.24. The second-order valence-corrected chi connectivity index (χ2v) is 4.25. The van der Waals surface area contributed by atoms with Crippen molar-refractivity contribution in [3.63, 3.8) is 0 Å². The van der Waals surface area contributed by atoms with Crippen LogP contribution in [0.25, 0.3) is 0 Å². The number of nitrogens with one attached hydrogen (secondary N) is 1. The molecule has 0 rings (SSSR count). The molecule has 0 aromatic rings. The Bertz CT molecular complexity index is 351. The summed E-state index contributed by atoms with van der Waals surface area (Å²) in [6, 6.07) is -0.873. The number of ether oxygens (including phenoxy) is 1. The number of amides is 1. The highest BCUT2D eigenvalue weighted by atomic mass is 16.5. The fraction of sp³-hybridized carbons (Fsp3) is 0.692. The first-order valence-electron chi connectivity index (χ1n) is 6.42. The minimum atomic E-state index is -0.873. The van der Waals surface area contributed by atoms with E-state index in [0.29, 0.717) is 12.8 Å². The highest BCUT2D eigenvalue weighted by Crippen LogP contribution is 2.03. The standard InChI is InChI=1S/C13H21NO5/c1-4-6-7-10(13(18)19-8-9(3)15)14-12(17)11(16)5-2/h10H,4-8H2,1-3H3,(H,14,17). The van der Waals surface area contributed by atoms with Gasteiger partial charge in [0.25, 0.3) is 5.91 Å². The van der Waals surface area contributed by atoms with Crippen molar-refractivity contribution in [1.29, 1.82) is 0 Å². The van der Waals surface area contributed by atoms with Crippen molar-refractivity contribution in [2.75, 3.05) is 6.61 Å². The number of carbonyl (C=O) groups excluding carboxylic acids is 4.